The molecule has 0 fully saturated rings. The largest absolute Gasteiger partial charge is 0.483 e. The van der Waals surface area contributed by atoms with Gasteiger partial charge in [0.25, 0.3) is 0 Å². The van der Waals surface area contributed by atoms with E-state index in [9.17, 15) is 4.79 Å². The summed E-state index contributed by atoms with van der Waals surface area (Å²) in [4.78, 5) is 11.0. The second-order valence-electron chi connectivity index (χ2n) is 6.08. The Morgan fingerprint density at radius 1 is 1.11 bits per heavy atom. The summed E-state index contributed by atoms with van der Waals surface area (Å²) in [6.45, 7) is 0. The highest BCUT2D eigenvalue weighted by Gasteiger charge is 2.23. The molecule has 0 radical (unpaired) electrons. The number of hydrogen-bond donors (Lipinski definition) is 1. The van der Waals surface area contributed by atoms with Crippen molar-refractivity contribution in [2.45, 2.75) is 12.5 Å². The van der Waals surface area contributed by atoms with E-state index in [0.29, 0.717) is 27.9 Å². The van der Waals surface area contributed by atoms with Gasteiger partial charge in [-0.05, 0) is 54.1 Å². The lowest BCUT2D eigenvalue weighted by molar-refractivity contribution is 0.0697. The summed E-state index contributed by atoms with van der Waals surface area (Å²) in [5.41, 5.74) is 2.67. The van der Waals surface area contributed by atoms with E-state index in [1.165, 1.54) is 0 Å². The van der Waals surface area contributed by atoms with Crippen molar-refractivity contribution in [2.75, 3.05) is 0 Å². The summed E-state index contributed by atoms with van der Waals surface area (Å²) in [5.74, 6) is -0.257. The van der Waals surface area contributed by atoms with Crippen molar-refractivity contribution in [1.82, 2.24) is 9.78 Å². The number of aromatic carboxylic acids is 1. The van der Waals surface area contributed by atoms with E-state index < -0.39 is 5.97 Å². The van der Waals surface area contributed by atoms with Gasteiger partial charge in [0, 0.05) is 12.6 Å². The van der Waals surface area contributed by atoms with Crippen LogP contribution >= 0.6 is 23.2 Å². The van der Waals surface area contributed by atoms with Gasteiger partial charge in [0.05, 0.1) is 21.3 Å². The van der Waals surface area contributed by atoms with Gasteiger partial charge in [-0.2, -0.15) is 5.10 Å². The molecule has 136 valence electrons. The van der Waals surface area contributed by atoms with Crippen LogP contribution in [0.25, 0.3) is 11.4 Å². The van der Waals surface area contributed by atoms with Crippen LogP contribution in [0, 0.1) is 0 Å². The maximum Gasteiger partial charge on any atom is 0.335 e. The smallest absolute Gasteiger partial charge is 0.335 e. The van der Waals surface area contributed by atoms with Gasteiger partial charge in [-0.3, -0.25) is 0 Å². The Labute approximate surface area is 165 Å². The summed E-state index contributed by atoms with van der Waals surface area (Å²) in [6, 6.07) is 13.8. The lowest BCUT2D eigenvalue weighted by atomic mass is 10.1. The Kier molecular flexibility index (Phi) is 4.64. The van der Waals surface area contributed by atoms with E-state index in [1.54, 1.807) is 35.0 Å². The predicted octanol–water partition coefficient (Wildman–Crippen LogP) is 5.38. The molecule has 2 aromatic carbocycles. The average Bonchev–Trinajstić information content (AvgIpc) is 3.33. The molecule has 0 saturated carbocycles. The summed E-state index contributed by atoms with van der Waals surface area (Å²) in [5, 5.41) is 14.5. The predicted molar refractivity (Wildman–Crippen MR) is 103 cm³/mol. The van der Waals surface area contributed by atoms with Gasteiger partial charge in [0.2, 0.25) is 0 Å². The van der Waals surface area contributed by atoms with Crippen LogP contribution in [0.2, 0.25) is 10.0 Å². The van der Waals surface area contributed by atoms with Crippen molar-refractivity contribution < 1.29 is 14.6 Å². The van der Waals surface area contributed by atoms with Crippen molar-refractivity contribution in [3.8, 4) is 5.69 Å². The van der Waals surface area contributed by atoms with Gasteiger partial charge >= 0.3 is 5.97 Å². The number of aromatic nitrogens is 2. The van der Waals surface area contributed by atoms with Gasteiger partial charge in [-0.1, -0.05) is 29.3 Å². The molecule has 1 N–H and O–H groups in total. The fraction of sp³-hybridized carbons (Fsp3) is 0.100. The number of carbonyl (C=O) groups is 1. The molecule has 1 aliphatic heterocycles. The fourth-order valence-corrected chi connectivity index (χ4v) is 3.21. The number of benzene rings is 2. The minimum atomic E-state index is -0.958. The van der Waals surface area contributed by atoms with Crippen LogP contribution in [0.5, 0.6) is 0 Å². The average molecular weight is 401 g/mol. The highest BCUT2D eigenvalue weighted by atomic mass is 35.5. The molecule has 0 spiro atoms. The molecule has 27 heavy (non-hydrogen) atoms. The quantitative estimate of drug-likeness (QED) is 0.638. The Hall–Kier alpha value is -2.76. The highest BCUT2D eigenvalue weighted by Crippen LogP contribution is 2.37. The van der Waals surface area contributed by atoms with Crippen molar-refractivity contribution in [3.05, 3.63) is 87.7 Å². The first-order valence-corrected chi connectivity index (χ1v) is 8.98. The zero-order chi connectivity index (χ0) is 19.0. The third kappa shape index (κ3) is 3.56. The second-order valence-corrected chi connectivity index (χ2v) is 6.90. The lowest BCUT2D eigenvalue weighted by Crippen LogP contribution is -2.00. The molecule has 1 unspecified atom stereocenters. The van der Waals surface area contributed by atoms with Crippen LogP contribution in [-0.4, -0.2) is 20.9 Å². The number of halogens is 2. The number of hydrogen-bond acceptors (Lipinski definition) is 3. The van der Waals surface area contributed by atoms with E-state index in [-0.39, 0.29) is 11.7 Å². The Bertz CT molecular complexity index is 1040. The standard InChI is InChI=1S/C20H14Cl2N2O3/c21-15-6-3-13(11-16(15)22)18-7-8-19(27-18)17-9-10-24(23-17)14-4-1-12(2-5-14)20(25)26/h1-6,8-11,18H,7H2,(H,25,26). The van der Waals surface area contributed by atoms with Crippen LogP contribution in [0.15, 0.2) is 60.8 Å². The molecule has 7 heteroatoms. The van der Waals surface area contributed by atoms with Crippen LogP contribution in [0.4, 0.5) is 0 Å². The van der Waals surface area contributed by atoms with E-state index in [0.717, 1.165) is 11.3 Å². The van der Waals surface area contributed by atoms with Crippen LogP contribution in [0.1, 0.15) is 34.1 Å². The molecular weight excluding hydrogens is 387 g/mol. The van der Waals surface area contributed by atoms with Crippen molar-refractivity contribution in [1.29, 1.82) is 0 Å². The minimum Gasteiger partial charge on any atom is -0.483 e. The van der Waals surface area contributed by atoms with E-state index in [1.807, 2.05) is 30.5 Å². The Morgan fingerprint density at radius 2 is 1.89 bits per heavy atom. The van der Waals surface area contributed by atoms with E-state index in [4.69, 9.17) is 33.0 Å². The third-order valence-electron chi connectivity index (χ3n) is 4.32. The third-order valence-corrected chi connectivity index (χ3v) is 5.06. The number of rotatable bonds is 4. The van der Waals surface area contributed by atoms with Crippen LogP contribution < -0.4 is 0 Å². The summed E-state index contributed by atoms with van der Waals surface area (Å²) < 4.78 is 7.71. The molecule has 1 atom stereocenters. The molecule has 4 rings (SSSR count). The second kappa shape index (κ2) is 7.10. The number of nitrogens with zero attached hydrogens (tertiary/aromatic N) is 2. The Balaban J connectivity index is 1.50. The van der Waals surface area contributed by atoms with Crippen molar-refractivity contribution >= 4 is 34.9 Å². The van der Waals surface area contributed by atoms with Crippen molar-refractivity contribution in [3.63, 3.8) is 0 Å². The summed E-state index contributed by atoms with van der Waals surface area (Å²) >= 11 is 12.1. The number of ether oxygens (including phenoxy) is 1. The van der Waals surface area contributed by atoms with E-state index in [2.05, 4.69) is 5.10 Å². The molecule has 2 heterocycles. The van der Waals surface area contributed by atoms with Gasteiger partial charge in [-0.25, -0.2) is 9.48 Å². The molecule has 3 aromatic rings. The maximum absolute atomic E-state index is 11.0. The molecule has 1 aromatic heterocycles. The SMILES string of the molecule is O=C(O)c1ccc(-n2ccc(C3=CCC(c4ccc(Cl)c(Cl)c4)O3)n2)cc1. The molecule has 0 saturated heterocycles. The van der Waals surface area contributed by atoms with Crippen LogP contribution in [0.3, 0.4) is 0 Å². The highest BCUT2D eigenvalue weighted by molar-refractivity contribution is 6.42. The fourth-order valence-electron chi connectivity index (χ4n) is 2.90. The normalized spacial score (nSPS) is 16.1. The summed E-state index contributed by atoms with van der Waals surface area (Å²) in [6.07, 6.45) is 4.39. The number of carboxylic acid groups (broad SMARTS) is 1. The Morgan fingerprint density at radius 3 is 2.59 bits per heavy atom. The first-order chi connectivity index (χ1) is 13.0. The maximum atomic E-state index is 11.0. The van der Waals surface area contributed by atoms with Gasteiger partial charge in [-0.15, -0.1) is 0 Å². The minimum absolute atomic E-state index is 0.130. The first-order valence-electron chi connectivity index (χ1n) is 8.23. The molecule has 0 amide bonds. The molecule has 5 nitrogen and oxygen atoms in total. The molecular formula is C20H14Cl2N2O3. The monoisotopic (exact) mass is 400 g/mol. The molecule has 0 aliphatic carbocycles. The van der Waals surface area contributed by atoms with E-state index >= 15 is 0 Å². The lowest BCUT2D eigenvalue weighted by Gasteiger charge is -2.13. The first kappa shape index (κ1) is 17.6. The summed E-state index contributed by atoms with van der Waals surface area (Å²) in [7, 11) is 0. The zero-order valence-electron chi connectivity index (χ0n) is 14.0. The van der Waals surface area contributed by atoms with Crippen LogP contribution in [-0.2, 0) is 4.74 Å². The number of carboxylic acids is 1. The van der Waals surface area contributed by atoms with Gasteiger partial charge < -0.3 is 9.84 Å². The molecule has 0 bridgehead atoms. The van der Waals surface area contributed by atoms with Gasteiger partial charge in [0.15, 0.2) is 0 Å². The van der Waals surface area contributed by atoms with Gasteiger partial charge in [0.1, 0.15) is 17.6 Å². The topological polar surface area (TPSA) is 64.3 Å². The van der Waals surface area contributed by atoms with Crippen molar-refractivity contribution in [2.24, 2.45) is 0 Å². The zero-order valence-corrected chi connectivity index (χ0v) is 15.5. The molecule has 1 aliphatic rings.